The predicted molar refractivity (Wildman–Crippen MR) is 91.5 cm³/mol. The van der Waals surface area contributed by atoms with E-state index in [0.717, 1.165) is 32.5 Å². The van der Waals surface area contributed by atoms with Crippen molar-refractivity contribution in [3.05, 3.63) is 40.9 Å². The summed E-state index contributed by atoms with van der Waals surface area (Å²) in [5, 5.41) is 13.7. The molecule has 1 aromatic carbocycles. The van der Waals surface area contributed by atoms with E-state index in [9.17, 15) is 4.79 Å². The van der Waals surface area contributed by atoms with Gasteiger partial charge in [0.1, 0.15) is 5.51 Å². The van der Waals surface area contributed by atoms with Crippen molar-refractivity contribution in [3.8, 4) is 0 Å². The molecule has 0 spiro atoms. The fraction of sp³-hybridized carbons (Fsp3) is 0.438. The minimum absolute atomic E-state index is 0.195. The molecule has 0 unspecified atom stereocenters. The summed E-state index contributed by atoms with van der Waals surface area (Å²) in [4.78, 5) is 14.3. The third-order valence-corrected chi connectivity index (χ3v) is 4.60. The Labute approximate surface area is 139 Å². The number of benzene rings is 1. The smallest absolute Gasteiger partial charge is 0.321 e. The van der Waals surface area contributed by atoms with Crippen molar-refractivity contribution in [1.29, 1.82) is 0 Å². The number of nitrogens with zero attached hydrogens (tertiary/aromatic N) is 3. The van der Waals surface area contributed by atoms with E-state index in [1.54, 1.807) is 5.51 Å². The SMILES string of the molecule is Cc1cccc(CN2CCC(NC(=O)Nc3nncs3)CC2)c1. The van der Waals surface area contributed by atoms with E-state index in [4.69, 9.17) is 0 Å². The van der Waals surface area contributed by atoms with Gasteiger partial charge in [0.2, 0.25) is 5.13 Å². The average Bonchev–Trinajstić information content (AvgIpc) is 3.02. The molecule has 3 rings (SSSR count). The Kier molecular flexibility index (Phi) is 5.19. The number of aromatic nitrogens is 2. The van der Waals surface area contributed by atoms with Crippen LogP contribution in [0.5, 0.6) is 0 Å². The average molecular weight is 331 g/mol. The van der Waals surface area contributed by atoms with Gasteiger partial charge in [-0.2, -0.15) is 0 Å². The highest BCUT2D eigenvalue weighted by molar-refractivity contribution is 7.13. The number of nitrogens with one attached hydrogen (secondary N) is 2. The van der Waals surface area contributed by atoms with Crippen LogP contribution in [-0.4, -0.2) is 40.3 Å². The van der Waals surface area contributed by atoms with Gasteiger partial charge in [-0.25, -0.2) is 4.79 Å². The second-order valence-corrected chi connectivity index (χ2v) is 6.72. The molecule has 0 aliphatic carbocycles. The van der Waals surface area contributed by atoms with Crippen molar-refractivity contribution in [2.45, 2.75) is 32.4 Å². The van der Waals surface area contributed by atoms with E-state index in [-0.39, 0.29) is 12.1 Å². The number of hydrogen-bond acceptors (Lipinski definition) is 5. The van der Waals surface area contributed by atoms with Crippen molar-refractivity contribution in [2.75, 3.05) is 18.4 Å². The molecule has 6 nitrogen and oxygen atoms in total. The second kappa shape index (κ2) is 7.52. The molecule has 0 bridgehead atoms. The largest absolute Gasteiger partial charge is 0.335 e. The number of likely N-dealkylation sites (tertiary alicyclic amines) is 1. The lowest BCUT2D eigenvalue weighted by molar-refractivity contribution is 0.190. The first-order chi connectivity index (χ1) is 11.2. The molecular weight excluding hydrogens is 310 g/mol. The van der Waals surface area contributed by atoms with Crippen LogP contribution in [-0.2, 0) is 6.54 Å². The number of urea groups is 1. The fourth-order valence-electron chi connectivity index (χ4n) is 2.85. The Hall–Kier alpha value is -1.99. The third kappa shape index (κ3) is 4.74. The van der Waals surface area contributed by atoms with Gasteiger partial charge in [-0.05, 0) is 25.3 Å². The number of carbonyl (C=O) groups excluding carboxylic acids is 1. The topological polar surface area (TPSA) is 70.2 Å². The van der Waals surface area contributed by atoms with Crippen molar-refractivity contribution < 1.29 is 4.79 Å². The Morgan fingerprint density at radius 3 is 2.91 bits per heavy atom. The Balaban J connectivity index is 1.42. The summed E-state index contributed by atoms with van der Waals surface area (Å²) in [5.74, 6) is 0. The van der Waals surface area contributed by atoms with Crippen LogP contribution in [0.2, 0.25) is 0 Å². The lowest BCUT2D eigenvalue weighted by Crippen LogP contribution is -2.45. The normalized spacial score (nSPS) is 16.2. The van der Waals surface area contributed by atoms with Crippen molar-refractivity contribution in [1.82, 2.24) is 20.4 Å². The van der Waals surface area contributed by atoms with Crippen LogP contribution in [0.1, 0.15) is 24.0 Å². The van der Waals surface area contributed by atoms with Gasteiger partial charge < -0.3 is 5.32 Å². The molecule has 0 atom stereocenters. The standard InChI is InChI=1S/C16H21N5OS/c1-12-3-2-4-13(9-12)10-21-7-5-14(6-8-21)18-15(22)19-16-20-17-11-23-16/h2-4,9,11,14H,5-8,10H2,1H3,(H2,18,19,20,22). The number of carbonyl (C=O) groups is 1. The van der Waals surface area contributed by atoms with E-state index < -0.39 is 0 Å². The molecule has 0 saturated carbocycles. The van der Waals surface area contributed by atoms with E-state index in [1.165, 1.54) is 22.5 Å². The zero-order chi connectivity index (χ0) is 16.1. The Morgan fingerprint density at radius 1 is 1.39 bits per heavy atom. The van der Waals surface area contributed by atoms with Gasteiger partial charge in [0.15, 0.2) is 0 Å². The minimum Gasteiger partial charge on any atom is -0.335 e. The first-order valence-corrected chi connectivity index (χ1v) is 8.68. The molecule has 2 aromatic rings. The summed E-state index contributed by atoms with van der Waals surface area (Å²) in [5.41, 5.74) is 4.25. The molecule has 1 aliphatic heterocycles. The third-order valence-electron chi connectivity index (χ3n) is 3.99. The maximum Gasteiger partial charge on any atom is 0.321 e. The van der Waals surface area contributed by atoms with E-state index in [0.29, 0.717) is 5.13 Å². The highest BCUT2D eigenvalue weighted by atomic mass is 32.1. The molecule has 7 heteroatoms. The van der Waals surface area contributed by atoms with E-state index in [2.05, 4.69) is 56.9 Å². The molecular formula is C16H21N5OS. The van der Waals surface area contributed by atoms with Gasteiger partial charge in [-0.15, -0.1) is 10.2 Å². The summed E-state index contributed by atoms with van der Waals surface area (Å²) in [7, 11) is 0. The molecule has 122 valence electrons. The van der Waals surface area contributed by atoms with Crippen molar-refractivity contribution in [2.24, 2.45) is 0 Å². The summed E-state index contributed by atoms with van der Waals surface area (Å²) < 4.78 is 0. The highest BCUT2D eigenvalue weighted by Crippen LogP contribution is 2.15. The van der Waals surface area contributed by atoms with Gasteiger partial charge in [-0.1, -0.05) is 41.2 Å². The lowest BCUT2D eigenvalue weighted by Gasteiger charge is -2.32. The molecule has 2 N–H and O–H groups in total. The molecule has 0 radical (unpaired) electrons. The fourth-order valence-corrected chi connectivity index (χ4v) is 3.29. The summed E-state index contributed by atoms with van der Waals surface area (Å²) in [6.45, 7) is 5.09. The Morgan fingerprint density at radius 2 is 2.22 bits per heavy atom. The van der Waals surface area contributed by atoms with Crippen LogP contribution in [0, 0.1) is 6.92 Å². The van der Waals surface area contributed by atoms with Crippen LogP contribution in [0.15, 0.2) is 29.8 Å². The minimum atomic E-state index is -0.195. The zero-order valence-corrected chi connectivity index (χ0v) is 14.0. The van der Waals surface area contributed by atoms with Crippen LogP contribution in [0.4, 0.5) is 9.93 Å². The highest BCUT2D eigenvalue weighted by Gasteiger charge is 2.21. The first kappa shape index (κ1) is 15.9. The van der Waals surface area contributed by atoms with Crippen LogP contribution in [0.3, 0.4) is 0 Å². The van der Waals surface area contributed by atoms with Gasteiger partial charge in [-0.3, -0.25) is 10.2 Å². The summed E-state index contributed by atoms with van der Waals surface area (Å²) >= 11 is 1.31. The van der Waals surface area contributed by atoms with Gasteiger partial charge in [0.05, 0.1) is 0 Å². The summed E-state index contributed by atoms with van der Waals surface area (Å²) in [6.07, 6.45) is 1.94. The number of hydrogen-bond donors (Lipinski definition) is 2. The van der Waals surface area contributed by atoms with Crippen LogP contribution in [0.25, 0.3) is 0 Å². The monoisotopic (exact) mass is 331 g/mol. The maximum atomic E-state index is 11.9. The van der Waals surface area contributed by atoms with Gasteiger partial charge >= 0.3 is 6.03 Å². The molecule has 1 saturated heterocycles. The van der Waals surface area contributed by atoms with E-state index >= 15 is 0 Å². The lowest BCUT2D eigenvalue weighted by atomic mass is 10.0. The number of aryl methyl sites for hydroxylation is 1. The van der Waals surface area contributed by atoms with Crippen LogP contribution < -0.4 is 10.6 Å². The first-order valence-electron chi connectivity index (χ1n) is 7.80. The number of anilines is 1. The molecule has 1 aliphatic rings. The molecule has 23 heavy (non-hydrogen) atoms. The Bertz CT molecular complexity index is 638. The summed E-state index contributed by atoms with van der Waals surface area (Å²) in [6, 6.07) is 8.66. The second-order valence-electron chi connectivity index (χ2n) is 5.88. The number of amides is 2. The maximum absolute atomic E-state index is 11.9. The molecule has 1 fully saturated rings. The van der Waals surface area contributed by atoms with E-state index in [1.807, 2.05) is 0 Å². The quantitative estimate of drug-likeness (QED) is 0.903. The van der Waals surface area contributed by atoms with Crippen LogP contribution >= 0.6 is 11.3 Å². The molecule has 2 heterocycles. The zero-order valence-electron chi connectivity index (χ0n) is 13.2. The number of rotatable bonds is 4. The molecule has 2 amide bonds. The number of piperidine rings is 1. The van der Waals surface area contributed by atoms with Gasteiger partial charge in [0, 0.05) is 25.7 Å². The predicted octanol–water partition coefficient (Wildman–Crippen LogP) is 2.63. The van der Waals surface area contributed by atoms with Crippen molar-refractivity contribution >= 4 is 22.5 Å². The van der Waals surface area contributed by atoms with Gasteiger partial charge in [0.25, 0.3) is 0 Å². The van der Waals surface area contributed by atoms with Crippen molar-refractivity contribution in [3.63, 3.8) is 0 Å². The molecule has 1 aromatic heterocycles.